The normalized spacial score (nSPS) is 20.4. The Morgan fingerprint density at radius 2 is 1.70 bits per heavy atom. The number of carbonyl (C=O) groups is 1. The predicted molar refractivity (Wildman–Crippen MR) is 105 cm³/mol. The topological polar surface area (TPSA) is 69.7 Å². The van der Waals surface area contributed by atoms with E-state index >= 15 is 0 Å². The van der Waals surface area contributed by atoms with Crippen LogP contribution in [-0.4, -0.2) is 62.8 Å². The molecule has 1 N–H and O–H groups in total. The highest BCUT2D eigenvalue weighted by Gasteiger charge is 2.35. The molecule has 2 fully saturated rings. The summed E-state index contributed by atoms with van der Waals surface area (Å²) in [6.07, 6.45) is 0. The second-order valence-electron chi connectivity index (χ2n) is 7.45. The molecule has 2 aliphatic heterocycles. The van der Waals surface area contributed by atoms with E-state index in [9.17, 15) is 13.2 Å². The van der Waals surface area contributed by atoms with E-state index in [0.717, 1.165) is 23.9 Å². The molecule has 144 valence electrons. The Morgan fingerprint density at radius 3 is 2.33 bits per heavy atom. The minimum atomic E-state index is -3.55. The lowest BCUT2D eigenvalue weighted by Gasteiger charge is -2.38. The summed E-state index contributed by atoms with van der Waals surface area (Å²) in [4.78, 5) is 14.8. The zero-order valence-electron chi connectivity index (χ0n) is 15.5. The van der Waals surface area contributed by atoms with Crippen LogP contribution in [0.1, 0.15) is 6.92 Å². The summed E-state index contributed by atoms with van der Waals surface area (Å²) in [5.41, 5.74) is 0. The van der Waals surface area contributed by atoms with Gasteiger partial charge in [0, 0.05) is 32.1 Å². The molecule has 0 aromatic heterocycles. The van der Waals surface area contributed by atoms with Gasteiger partial charge in [0.2, 0.25) is 15.9 Å². The Bertz CT molecular complexity index is 948. The molecule has 0 bridgehead atoms. The third kappa shape index (κ3) is 3.47. The summed E-state index contributed by atoms with van der Waals surface area (Å²) in [5, 5.41) is 5.13. The second-order valence-corrected chi connectivity index (χ2v) is 9.38. The minimum Gasteiger partial charge on any atom is -0.340 e. The first-order valence-corrected chi connectivity index (χ1v) is 10.9. The van der Waals surface area contributed by atoms with Gasteiger partial charge in [0.1, 0.15) is 0 Å². The molecule has 1 amide bonds. The van der Waals surface area contributed by atoms with Gasteiger partial charge in [-0.1, -0.05) is 37.3 Å². The third-order valence-electron chi connectivity index (χ3n) is 5.82. The molecule has 0 saturated carbocycles. The molecule has 27 heavy (non-hydrogen) atoms. The van der Waals surface area contributed by atoms with Gasteiger partial charge in [0.15, 0.2) is 0 Å². The van der Waals surface area contributed by atoms with Crippen molar-refractivity contribution >= 4 is 26.7 Å². The van der Waals surface area contributed by atoms with Gasteiger partial charge in [0.25, 0.3) is 0 Å². The van der Waals surface area contributed by atoms with Crippen molar-refractivity contribution < 1.29 is 13.2 Å². The third-order valence-corrected chi connectivity index (χ3v) is 7.71. The Hall–Kier alpha value is -1.96. The number of hydrogen-bond acceptors (Lipinski definition) is 4. The molecular weight excluding hydrogens is 362 g/mol. The van der Waals surface area contributed by atoms with Crippen LogP contribution in [0.5, 0.6) is 0 Å². The van der Waals surface area contributed by atoms with E-state index in [2.05, 4.69) is 5.32 Å². The number of amides is 1. The van der Waals surface area contributed by atoms with E-state index in [4.69, 9.17) is 0 Å². The number of benzene rings is 2. The van der Waals surface area contributed by atoms with Gasteiger partial charge >= 0.3 is 0 Å². The number of rotatable bonds is 4. The molecule has 2 saturated heterocycles. The Kier molecular flexibility index (Phi) is 4.92. The van der Waals surface area contributed by atoms with Gasteiger partial charge in [-0.15, -0.1) is 0 Å². The van der Waals surface area contributed by atoms with E-state index in [1.54, 1.807) is 12.1 Å². The number of hydrogen-bond donors (Lipinski definition) is 1. The molecular formula is C20H25N3O3S. The lowest BCUT2D eigenvalue weighted by molar-refractivity contribution is -0.138. The van der Waals surface area contributed by atoms with E-state index in [1.807, 2.05) is 42.2 Å². The fourth-order valence-corrected chi connectivity index (χ4v) is 5.24. The Morgan fingerprint density at radius 1 is 1.04 bits per heavy atom. The summed E-state index contributed by atoms with van der Waals surface area (Å²) < 4.78 is 27.5. The minimum absolute atomic E-state index is 0.00473. The molecule has 2 heterocycles. The fraction of sp³-hybridized carbons (Fsp3) is 0.450. The second kappa shape index (κ2) is 7.22. The monoisotopic (exact) mass is 387 g/mol. The lowest BCUT2D eigenvalue weighted by Crippen LogP contribution is -2.55. The van der Waals surface area contributed by atoms with Gasteiger partial charge in [0.05, 0.1) is 4.90 Å². The Balaban J connectivity index is 1.45. The molecule has 7 heteroatoms. The van der Waals surface area contributed by atoms with Crippen LogP contribution in [0.15, 0.2) is 47.4 Å². The van der Waals surface area contributed by atoms with Crippen LogP contribution in [0.25, 0.3) is 10.8 Å². The van der Waals surface area contributed by atoms with Crippen LogP contribution < -0.4 is 5.32 Å². The van der Waals surface area contributed by atoms with Crippen molar-refractivity contribution in [3.63, 3.8) is 0 Å². The smallest absolute Gasteiger partial charge is 0.243 e. The number of fused-ring (bicyclic) bond motifs is 1. The van der Waals surface area contributed by atoms with Crippen molar-refractivity contribution in [2.45, 2.75) is 11.8 Å². The largest absolute Gasteiger partial charge is 0.340 e. The standard InChI is InChI=1S/C20H25N3O3S/c1-15(18-13-21-14-18)20(24)22-8-10-23(11-9-22)27(25,26)19-7-6-16-4-2-3-5-17(16)12-19/h2-7,12,15,18,21H,8-11,13-14H2,1H3. The first kappa shape index (κ1) is 18.4. The van der Waals surface area contributed by atoms with Gasteiger partial charge < -0.3 is 10.2 Å². The van der Waals surface area contributed by atoms with Crippen LogP contribution in [0, 0.1) is 11.8 Å². The Labute approximate surface area is 160 Å². The maximum atomic E-state index is 13.0. The van der Waals surface area contributed by atoms with Gasteiger partial charge in [-0.2, -0.15) is 4.31 Å². The van der Waals surface area contributed by atoms with Crippen LogP contribution in [0.2, 0.25) is 0 Å². The van der Waals surface area contributed by atoms with Gasteiger partial charge in [-0.3, -0.25) is 4.79 Å². The maximum absolute atomic E-state index is 13.0. The first-order valence-electron chi connectivity index (χ1n) is 9.45. The molecule has 0 radical (unpaired) electrons. The predicted octanol–water partition coefficient (Wildman–Crippen LogP) is 1.53. The SMILES string of the molecule is CC(C(=O)N1CCN(S(=O)(=O)c2ccc3ccccc3c2)CC1)C1CNC1. The maximum Gasteiger partial charge on any atom is 0.243 e. The van der Waals surface area contributed by atoms with E-state index < -0.39 is 10.0 Å². The summed E-state index contributed by atoms with van der Waals surface area (Å²) in [5.74, 6) is 0.538. The molecule has 0 spiro atoms. The lowest BCUT2D eigenvalue weighted by atomic mass is 9.88. The fourth-order valence-electron chi connectivity index (χ4n) is 3.78. The number of nitrogens with zero attached hydrogens (tertiary/aromatic N) is 2. The van der Waals surface area contributed by atoms with Gasteiger partial charge in [-0.05, 0) is 41.9 Å². The van der Waals surface area contributed by atoms with Crippen molar-refractivity contribution in [3.8, 4) is 0 Å². The molecule has 2 aromatic carbocycles. The average Bonchev–Trinajstić information content (AvgIpc) is 2.65. The highest BCUT2D eigenvalue weighted by Crippen LogP contribution is 2.24. The van der Waals surface area contributed by atoms with Crippen LogP contribution in [0.4, 0.5) is 0 Å². The number of nitrogens with one attached hydrogen (secondary N) is 1. The van der Waals surface area contributed by atoms with Crippen molar-refractivity contribution in [2.24, 2.45) is 11.8 Å². The molecule has 2 aliphatic rings. The first-order chi connectivity index (χ1) is 13.0. The molecule has 1 unspecified atom stereocenters. The van der Waals surface area contributed by atoms with E-state index in [-0.39, 0.29) is 11.8 Å². The van der Waals surface area contributed by atoms with Crippen molar-refractivity contribution in [1.29, 1.82) is 0 Å². The van der Waals surface area contributed by atoms with E-state index in [1.165, 1.54) is 4.31 Å². The molecule has 4 rings (SSSR count). The average molecular weight is 388 g/mol. The summed E-state index contributed by atoms with van der Waals surface area (Å²) in [6, 6.07) is 13.0. The quantitative estimate of drug-likeness (QED) is 0.864. The summed E-state index contributed by atoms with van der Waals surface area (Å²) >= 11 is 0. The molecule has 6 nitrogen and oxygen atoms in total. The van der Waals surface area contributed by atoms with Crippen LogP contribution in [0.3, 0.4) is 0 Å². The zero-order chi connectivity index (χ0) is 19.0. The molecule has 0 aliphatic carbocycles. The van der Waals surface area contributed by atoms with Crippen LogP contribution >= 0.6 is 0 Å². The van der Waals surface area contributed by atoms with Crippen molar-refractivity contribution in [2.75, 3.05) is 39.3 Å². The highest BCUT2D eigenvalue weighted by molar-refractivity contribution is 7.89. The highest BCUT2D eigenvalue weighted by atomic mass is 32.2. The molecule has 1 atom stereocenters. The zero-order valence-corrected chi connectivity index (χ0v) is 16.3. The number of sulfonamides is 1. The van der Waals surface area contributed by atoms with Crippen molar-refractivity contribution in [3.05, 3.63) is 42.5 Å². The number of piperazine rings is 1. The van der Waals surface area contributed by atoms with Crippen LogP contribution in [-0.2, 0) is 14.8 Å². The molecule has 2 aromatic rings. The van der Waals surface area contributed by atoms with Gasteiger partial charge in [-0.25, -0.2) is 8.42 Å². The summed E-state index contributed by atoms with van der Waals surface area (Å²) in [6.45, 7) is 5.36. The number of carbonyl (C=O) groups excluding carboxylic acids is 1. The summed E-state index contributed by atoms with van der Waals surface area (Å²) in [7, 11) is -3.55. The van der Waals surface area contributed by atoms with Crippen molar-refractivity contribution in [1.82, 2.24) is 14.5 Å². The van der Waals surface area contributed by atoms with E-state index in [0.29, 0.717) is 37.0 Å².